The van der Waals surface area contributed by atoms with Gasteiger partial charge in [0, 0.05) is 6.54 Å². The summed E-state index contributed by atoms with van der Waals surface area (Å²) < 4.78 is 15.4. The highest BCUT2D eigenvalue weighted by Gasteiger charge is 2.51. The summed E-state index contributed by atoms with van der Waals surface area (Å²) in [6.07, 6.45) is 2.04. The first-order valence-electron chi connectivity index (χ1n) is 6.98. The van der Waals surface area contributed by atoms with Crippen LogP contribution in [0.5, 0.6) is 0 Å². The predicted molar refractivity (Wildman–Crippen MR) is 87.2 cm³/mol. The Kier molecular flexibility index (Phi) is 4.55. The topological polar surface area (TPSA) is 30.5 Å². The van der Waals surface area contributed by atoms with Gasteiger partial charge in [-0.1, -0.05) is 30.1 Å². The van der Waals surface area contributed by atoms with E-state index in [1.807, 2.05) is 6.26 Å². The number of nitrogens with one attached hydrogen (secondary N) is 1. The average Bonchev–Trinajstić information content (AvgIpc) is 2.57. The minimum absolute atomic E-state index is 0.277. The average molecular weight is 293 g/mol. The van der Waals surface area contributed by atoms with E-state index in [0.717, 1.165) is 12.0 Å². The van der Waals surface area contributed by atoms with Crippen LogP contribution in [0, 0.1) is 6.92 Å². The molecule has 1 heterocycles. The fourth-order valence-corrected chi connectivity index (χ4v) is 2.49. The lowest BCUT2D eigenvalue weighted by atomic mass is 9.78. The second-order valence-corrected chi connectivity index (χ2v) is 7.00. The Balaban J connectivity index is 2.17. The maximum absolute atomic E-state index is 6.08. The van der Waals surface area contributed by atoms with E-state index >= 15 is 0 Å². The van der Waals surface area contributed by atoms with E-state index in [9.17, 15) is 0 Å². The minimum Gasteiger partial charge on any atom is -0.399 e. The molecule has 20 heavy (non-hydrogen) atoms. The first-order valence-corrected chi connectivity index (χ1v) is 8.20. The molecule has 5 heteroatoms. The third-order valence-electron chi connectivity index (χ3n) is 4.30. The van der Waals surface area contributed by atoms with Gasteiger partial charge >= 0.3 is 7.12 Å². The molecule has 0 amide bonds. The predicted octanol–water partition coefficient (Wildman–Crippen LogP) is 2.66. The van der Waals surface area contributed by atoms with Gasteiger partial charge in [-0.05, 0) is 57.5 Å². The zero-order valence-electron chi connectivity index (χ0n) is 13.2. The molecule has 1 aromatic carbocycles. The van der Waals surface area contributed by atoms with Gasteiger partial charge in [-0.15, -0.1) is 0 Å². The molecule has 2 rings (SSSR count). The molecule has 0 saturated carbocycles. The van der Waals surface area contributed by atoms with E-state index in [2.05, 4.69) is 57.5 Å². The molecule has 0 spiro atoms. The highest BCUT2D eigenvalue weighted by Crippen LogP contribution is 2.36. The standard InChI is InChI=1S/C15H24BNO2S/c1-11-9-13(8-7-12(11)10-17-20-6)16-18-14(2,3)15(4,5)19-16/h7-9,17H,10H2,1-6H3. The first kappa shape index (κ1) is 15.9. The van der Waals surface area contributed by atoms with Gasteiger partial charge in [-0.3, -0.25) is 4.72 Å². The molecule has 0 aliphatic carbocycles. The molecule has 1 aliphatic heterocycles. The summed E-state index contributed by atoms with van der Waals surface area (Å²) in [7, 11) is -0.277. The Morgan fingerprint density at radius 3 is 2.25 bits per heavy atom. The Morgan fingerprint density at radius 1 is 1.15 bits per heavy atom. The van der Waals surface area contributed by atoms with Crippen LogP contribution in [-0.2, 0) is 15.9 Å². The molecule has 0 radical (unpaired) electrons. The van der Waals surface area contributed by atoms with Crippen molar-refractivity contribution in [1.82, 2.24) is 4.72 Å². The molecule has 1 N–H and O–H groups in total. The van der Waals surface area contributed by atoms with Crippen molar-refractivity contribution in [3.05, 3.63) is 29.3 Å². The lowest BCUT2D eigenvalue weighted by Crippen LogP contribution is -2.41. The summed E-state index contributed by atoms with van der Waals surface area (Å²) in [4.78, 5) is 0. The van der Waals surface area contributed by atoms with E-state index in [0.29, 0.717) is 0 Å². The zero-order chi connectivity index (χ0) is 15.0. The monoisotopic (exact) mass is 293 g/mol. The summed E-state index contributed by atoms with van der Waals surface area (Å²) >= 11 is 1.63. The van der Waals surface area contributed by atoms with Crippen LogP contribution in [-0.4, -0.2) is 24.6 Å². The fraction of sp³-hybridized carbons (Fsp3) is 0.600. The normalized spacial score (nSPS) is 20.4. The summed E-state index contributed by atoms with van der Waals surface area (Å²) in [5, 5.41) is 0. The van der Waals surface area contributed by atoms with E-state index < -0.39 is 0 Å². The van der Waals surface area contributed by atoms with Gasteiger partial charge in [0.25, 0.3) is 0 Å². The summed E-state index contributed by atoms with van der Waals surface area (Å²) in [5.74, 6) is 0. The Hall–Kier alpha value is -0.485. The van der Waals surface area contributed by atoms with Gasteiger partial charge in [-0.2, -0.15) is 0 Å². The maximum atomic E-state index is 6.08. The highest BCUT2D eigenvalue weighted by molar-refractivity contribution is 7.96. The number of aryl methyl sites for hydroxylation is 1. The second-order valence-electron chi connectivity index (χ2n) is 6.30. The van der Waals surface area contributed by atoms with Gasteiger partial charge in [0.05, 0.1) is 11.2 Å². The molecular weight excluding hydrogens is 269 g/mol. The fourth-order valence-electron chi connectivity index (χ4n) is 2.19. The van der Waals surface area contributed by atoms with Crippen LogP contribution in [0.1, 0.15) is 38.8 Å². The number of hydrogen-bond acceptors (Lipinski definition) is 4. The quantitative estimate of drug-likeness (QED) is 0.683. The van der Waals surface area contributed by atoms with Crippen molar-refractivity contribution < 1.29 is 9.31 Å². The van der Waals surface area contributed by atoms with Gasteiger partial charge in [0.2, 0.25) is 0 Å². The SMILES string of the molecule is CSNCc1ccc(B2OC(C)(C)C(C)(C)O2)cc1C. The Bertz CT molecular complexity index is 475. The van der Waals surface area contributed by atoms with E-state index in [-0.39, 0.29) is 18.3 Å². The van der Waals surface area contributed by atoms with E-state index in [1.54, 1.807) is 11.9 Å². The molecule has 1 aliphatic rings. The van der Waals surface area contributed by atoms with Crippen molar-refractivity contribution in [1.29, 1.82) is 0 Å². The van der Waals surface area contributed by atoms with Crippen LogP contribution < -0.4 is 10.2 Å². The molecular formula is C15H24BNO2S. The van der Waals surface area contributed by atoms with Crippen molar-refractivity contribution in [2.24, 2.45) is 0 Å². The van der Waals surface area contributed by atoms with Crippen LogP contribution >= 0.6 is 11.9 Å². The largest absolute Gasteiger partial charge is 0.494 e. The van der Waals surface area contributed by atoms with Crippen LogP contribution in [0.25, 0.3) is 0 Å². The van der Waals surface area contributed by atoms with E-state index in [4.69, 9.17) is 9.31 Å². The molecule has 1 saturated heterocycles. The molecule has 3 nitrogen and oxygen atoms in total. The Labute approximate surface area is 127 Å². The highest BCUT2D eigenvalue weighted by atomic mass is 32.2. The minimum atomic E-state index is -0.287. The Morgan fingerprint density at radius 2 is 1.75 bits per heavy atom. The lowest BCUT2D eigenvalue weighted by Gasteiger charge is -2.32. The molecule has 1 aromatic rings. The maximum Gasteiger partial charge on any atom is 0.494 e. The van der Waals surface area contributed by atoms with Crippen molar-refractivity contribution in [3.63, 3.8) is 0 Å². The van der Waals surface area contributed by atoms with Crippen molar-refractivity contribution in [2.45, 2.75) is 52.4 Å². The van der Waals surface area contributed by atoms with Gasteiger partial charge < -0.3 is 9.31 Å². The van der Waals surface area contributed by atoms with Crippen molar-refractivity contribution in [3.8, 4) is 0 Å². The molecule has 0 aromatic heterocycles. The molecule has 110 valence electrons. The molecule has 0 atom stereocenters. The van der Waals surface area contributed by atoms with Crippen LogP contribution in [0.2, 0.25) is 0 Å². The third kappa shape index (κ3) is 3.06. The summed E-state index contributed by atoms with van der Waals surface area (Å²) in [6, 6.07) is 6.42. The number of hydrogen-bond donors (Lipinski definition) is 1. The number of rotatable bonds is 4. The lowest BCUT2D eigenvalue weighted by molar-refractivity contribution is 0.00578. The molecule has 1 fully saturated rings. The van der Waals surface area contributed by atoms with Crippen LogP contribution in [0.4, 0.5) is 0 Å². The molecule has 0 bridgehead atoms. The van der Waals surface area contributed by atoms with Gasteiger partial charge in [0.15, 0.2) is 0 Å². The number of benzene rings is 1. The van der Waals surface area contributed by atoms with Crippen LogP contribution in [0.15, 0.2) is 18.2 Å². The van der Waals surface area contributed by atoms with Crippen molar-refractivity contribution in [2.75, 3.05) is 6.26 Å². The van der Waals surface area contributed by atoms with Gasteiger partial charge in [-0.25, -0.2) is 0 Å². The zero-order valence-corrected chi connectivity index (χ0v) is 14.1. The second kappa shape index (κ2) is 5.72. The van der Waals surface area contributed by atoms with Crippen molar-refractivity contribution >= 4 is 24.5 Å². The van der Waals surface area contributed by atoms with Gasteiger partial charge in [0.1, 0.15) is 0 Å². The third-order valence-corrected chi connectivity index (χ3v) is 4.73. The van der Waals surface area contributed by atoms with Crippen LogP contribution in [0.3, 0.4) is 0 Å². The first-order chi connectivity index (χ1) is 9.27. The smallest absolute Gasteiger partial charge is 0.399 e. The summed E-state index contributed by atoms with van der Waals surface area (Å²) in [6.45, 7) is 11.3. The molecule has 0 unspecified atom stereocenters. The summed E-state index contributed by atoms with van der Waals surface area (Å²) in [5.41, 5.74) is 3.09. The van der Waals surface area contributed by atoms with E-state index in [1.165, 1.54) is 11.1 Å².